The van der Waals surface area contributed by atoms with Crippen LogP contribution in [-0.4, -0.2) is 50.2 Å². The summed E-state index contributed by atoms with van der Waals surface area (Å²) in [5.74, 6) is -0.631. The van der Waals surface area contributed by atoms with E-state index in [1.807, 2.05) is 0 Å². The van der Waals surface area contributed by atoms with Crippen LogP contribution in [0.1, 0.15) is 5.56 Å². The molecule has 1 aliphatic rings. The third-order valence-corrected chi connectivity index (χ3v) is 3.28. The minimum Gasteiger partial charge on any atom is -0.396 e. The van der Waals surface area contributed by atoms with Crippen LogP contribution in [0.4, 0.5) is 10.1 Å². The smallest absolute Gasteiger partial charge is 0.244 e. The van der Waals surface area contributed by atoms with Crippen LogP contribution in [0.5, 0.6) is 0 Å². The summed E-state index contributed by atoms with van der Waals surface area (Å²) < 4.78 is 18.3. The Kier molecular flexibility index (Phi) is 5.71. The van der Waals surface area contributed by atoms with Gasteiger partial charge in [-0.1, -0.05) is 6.07 Å². The first-order valence-corrected chi connectivity index (χ1v) is 6.96. The van der Waals surface area contributed by atoms with Crippen molar-refractivity contribution in [2.75, 3.05) is 45.1 Å². The first-order chi connectivity index (χ1) is 10.1. The molecule has 6 heteroatoms. The first-order valence-electron chi connectivity index (χ1n) is 6.96. The molecule has 0 atom stereocenters. The van der Waals surface area contributed by atoms with Crippen LogP contribution in [0.15, 0.2) is 24.3 Å². The van der Waals surface area contributed by atoms with Crippen molar-refractivity contribution >= 4 is 17.7 Å². The fourth-order valence-electron chi connectivity index (χ4n) is 2.06. The molecule has 0 aromatic heterocycles. The number of hydrogen-bond acceptors (Lipinski definition) is 4. The van der Waals surface area contributed by atoms with E-state index < -0.39 is 5.82 Å². The third-order valence-electron chi connectivity index (χ3n) is 3.28. The second-order valence-electron chi connectivity index (χ2n) is 4.86. The molecule has 1 aliphatic heterocycles. The first kappa shape index (κ1) is 15.5. The summed E-state index contributed by atoms with van der Waals surface area (Å²) in [6.45, 7) is 4.71. The monoisotopic (exact) mass is 293 g/mol. The van der Waals surface area contributed by atoms with E-state index in [1.54, 1.807) is 12.1 Å². The van der Waals surface area contributed by atoms with Gasteiger partial charge >= 0.3 is 0 Å². The number of halogens is 1. The number of ether oxygens (including phenoxy) is 1. The number of carbonyl (C=O) groups excluding carboxylic acids is 1. The van der Waals surface area contributed by atoms with Crippen molar-refractivity contribution in [3.8, 4) is 0 Å². The standard InChI is InChI=1S/C15H20FN3O2/c16-13-3-1-12(11-14(13)17)2-4-15(20)18-5-6-19-7-9-21-10-8-19/h1-4,11H,5-10,17H2,(H,18,20)/b4-2+. The van der Waals surface area contributed by atoms with Gasteiger partial charge in [-0.15, -0.1) is 0 Å². The molecule has 1 amide bonds. The van der Waals surface area contributed by atoms with E-state index in [2.05, 4.69) is 10.2 Å². The summed E-state index contributed by atoms with van der Waals surface area (Å²) in [4.78, 5) is 13.9. The van der Waals surface area contributed by atoms with Crippen LogP contribution in [0, 0.1) is 5.82 Å². The van der Waals surface area contributed by atoms with Crippen LogP contribution in [0.2, 0.25) is 0 Å². The fraction of sp³-hybridized carbons (Fsp3) is 0.400. The van der Waals surface area contributed by atoms with Gasteiger partial charge in [0.25, 0.3) is 0 Å². The molecule has 1 aromatic rings. The molecule has 21 heavy (non-hydrogen) atoms. The predicted octanol–water partition coefficient (Wildman–Crippen LogP) is 0.870. The average molecular weight is 293 g/mol. The van der Waals surface area contributed by atoms with Gasteiger partial charge in [0.2, 0.25) is 5.91 Å². The summed E-state index contributed by atoms with van der Waals surface area (Å²) in [7, 11) is 0. The Morgan fingerprint density at radius 1 is 1.43 bits per heavy atom. The zero-order valence-electron chi connectivity index (χ0n) is 11.8. The molecule has 2 rings (SSSR count). The Balaban J connectivity index is 1.73. The quantitative estimate of drug-likeness (QED) is 0.624. The lowest BCUT2D eigenvalue weighted by molar-refractivity contribution is -0.116. The number of nitrogens with one attached hydrogen (secondary N) is 1. The minimum atomic E-state index is -0.456. The van der Waals surface area contributed by atoms with E-state index in [0.29, 0.717) is 12.1 Å². The SMILES string of the molecule is Nc1cc(/C=C/C(=O)NCCN2CCOCC2)ccc1F. The molecular formula is C15H20FN3O2. The highest BCUT2D eigenvalue weighted by Gasteiger charge is 2.09. The molecule has 0 aliphatic carbocycles. The van der Waals surface area contributed by atoms with Crippen molar-refractivity contribution in [3.63, 3.8) is 0 Å². The predicted molar refractivity (Wildman–Crippen MR) is 80.1 cm³/mol. The maximum atomic E-state index is 13.0. The Morgan fingerprint density at radius 3 is 2.90 bits per heavy atom. The number of rotatable bonds is 5. The van der Waals surface area contributed by atoms with E-state index in [9.17, 15) is 9.18 Å². The maximum absolute atomic E-state index is 13.0. The minimum absolute atomic E-state index is 0.0740. The Hall–Kier alpha value is -1.92. The van der Waals surface area contributed by atoms with E-state index in [0.717, 1.165) is 32.8 Å². The number of nitrogens with zero attached hydrogens (tertiary/aromatic N) is 1. The molecule has 0 radical (unpaired) electrons. The molecule has 3 N–H and O–H groups in total. The molecule has 0 spiro atoms. The van der Waals surface area contributed by atoms with Crippen molar-refractivity contribution in [3.05, 3.63) is 35.7 Å². The zero-order chi connectivity index (χ0) is 15.1. The van der Waals surface area contributed by atoms with Crippen LogP contribution < -0.4 is 11.1 Å². The van der Waals surface area contributed by atoms with Crippen LogP contribution >= 0.6 is 0 Å². The van der Waals surface area contributed by atoms with Crippen molar-refractivity contribution in [1.82, 2.24) is 10.2 Å². The fourth-order valence-corrected chi connectivity index (χ4v) is 2.06. The molecule has 0 bridgehead atoms. The van der Waals surface area contributed by atoms with E-state index >= 15 is 0 Å². The second kappa shape index (κ2) is 7.75. The van der Waals surface area contributed by atoms with Crippen molar-refractivity contribution in [2.24, 2.45) is 0 Å². The van der Waals surface area contributed by atoms with Crippen molar-refractivity contribution in [1.29, 1.82) is 0 Å². The van der Waals surface area contributed by atoms with Gasteiger partial charge in [0.15, 0.2) is 0 Å². The van der Waals surface area contributed by atoms with Gasteiger partial charge in [0.05, 0.1) is 18.9 Å². The molecule has 0 unspecified atom stereocenters. The number of nitrogens with two attached hydrogens (primary N) is 1. The number of anilines is 1. The number of carbonyl (C=O) groups is 1. The van der Waals surface area contributed by atoms with Gasteiger partial charge in [-0.05, 0) is 23.8 Å². The van der Waals surface area contributed by atoms with Gasteiger partial charge in [-0.25, -0.2) is 4.39 Å². The molecule has 0 saturated carbocycles. The normalized spacial score (nSPS) is 16.2. The molecule has 1 aromatic carbocycles. The summed E-state index contributed by atoms with van der Waals surface area (Å²) in [5, 5.41) is 2.81. The lowest BCUT2D eigenvalue weighted by Gasteiger charge is -2.26. The molecule has 114 valence electrons. The highest BCUT2D eigenvalue weighted by atomic mass is 19.1. The Morgan fingerprint density at radius 2 is 2.19 bits per heavy atom. The van der Waals surface area contributed by atoms with Crippen LogP contribution in [0.3, 0.4) is 0 Å². The Bertz CT molecular complexity index is 514. The lowest BCUT2D eigenvalue weighted by Crippen LogP contribution is -2.41. The van der Waals surface area contributed by atoms with Crippen molar-refractivity contribution in [2.45, 2.75) is 0 Å². The van der Waals surface area contributed by atoms with Gasteiger partial charge in [-0.2, -0.15) is 0 Å². The molecule has 1 heterocycles. The largest absolute Gasteiger partial charge is 0.396 e. The van der Waals surface area contributed by atoms with Gasteiger partial charge in [0.1, 0.15) is 5.82 Å². The van der Waals surface area contributed by atoms with E-state index in [-0.39, 0.29) is 11.6 Å². The number of morpholine rings is 1. The summed E-state index contributed by atoms with van der Waals surface area (Å²) in [6.07, 6.45) is 3.03. The summed E-state index contributed by atoms with van der Waals surface area (Å²) in [5.41, 5.74) is 6.23. The summed E-state index contributed by atoms with van der Waals surface area (Å²) in [6, 6.07) is 4.35. The zero-order valence-corrected chi connectivity index (χ0v) is 11.8. The number of nitrogen functional groups attached to an aromatic ring is 1. The average Bonchev–Trinajstić information content (AvgIpc) is 2.49. The van der Waals surface area contributed by atoms with Crippen molar-refractivity contribution < 1.29 is 13.9 Å². The topological polar surface area (TPSA) is 67.6 Å². The van der Waals surface area contributed by atoms with Crippen LogP contribution in [-0.2, 0) is 9.53 Å². The molecular weight excluding hydrogens is 273 g/mol. The second-order valence-corrected chi connectivity index (χ2v) is 4.86. The number of amides is 1. The highest BCUT2D eigenvalue weighted by molar-refractivity contribution is 5.91. The molecule has 1 fully saturated rings. The van der Waals surface area contributed by atoms with E-state index in [4.69, 9.17) is 10.5 Å². The van der Waals surface area contributed by atoms with Crippen LogP contribution in [0.25, 0.3) is 6.08 Å². The van der Waals surface area contributed by atoms with Gasteiger partial charge < -0.3 is 15.8 Å². The van der Waals surface area contributed by atoms with Gasteiger partial charge in [0, 0.05) is 32.3 Å². The number of benzene rings is 1. The summed E-state index contributed by atoms with van der Waals surface area (Å²) >= 11 is 0. The number of hydrogen-bond donors (Lipinski definition) is 2. The van der Waals surface area contributed by atoms with E-state index in [1.165, 1.54) is 18.2 Å². The molecule has 1 saturated heterocycles. The maximum Gasteiger partial charge on any atom is 0.244 e. The van der Waals surface area contributed by atoms with Gasteiger partial charge in [-0.3, -0.25) is 9.69 Å². The third kappa shape index (κ3) is 5.17. The molecule has 5 nitrogen and oxygen atoms in total. The Labute approximate surface area is 123 Å². The lowest BCUT2D eigenvalue weighted by atomic mass is 10.2. The highest BCUT2D eigenvalue weighted by Crippen LogP contribution is 2.13.